The molecule has 1 N–H and O–H groups in total. The topological polar surface area (TPSA) is 98.6 Å². The highest BCUT2D eigenvalue weighted by molar-refractivity contribution is 6.02. The number of fused-ring (bicyclic) bond motifs is 2. The number of halogens is 1. The predicted molar refractivity (Wildman–Crippen MR) is 139 cm³/mol. The summed E-state index contributed by atoms with van der Waals surface area (Å²) in [5, 5.41) is 11.3. The van der Waals surface area contributed by atoms with E-state index in [1.807, 2.05) is 32.9 Å². The lowest BCUT2D eigenvalue weighted by Gasteiger charge is -2.34. The van der Waals surface area contributed by atoms with Crippen molar-refractivity contribution in [2.45, 2.75) is 45.3 Å². The Kier molecular flexibility index (Phi) is 6.71. The van der Waals surface area contributed by atoms with Crippen molar-refractivity contribution in [3.05, 3.63) is 78.1 Å². The zero-order valence-electron chi connectivity index (χ0n) is 21.3. The molecule has 0 radical (unpaired) electrons. The van der Waals surface area contributed by atoms with Gasteiger partial charge in [0.25, 0.3) is 0 Å². The molecule has 3 aromatic carbocycles. The second-order valence-corrected chi connectivity index (χ2v) is 9.69. The van der Waals surface area contributed by atoms with E-state index in [1.165, 1.54) is 27.8 Å². The van der Waals surface area contributed by atoms with E-state index in [9.17, 15) is 9.59 Å². The first kappa shape index (κ1) is 25.2. The van der Waals surface area contributed by atoms with Gasteiger partial charge >= 0.3 is 0 Å². The smallest absolute Gasteiger partial charge is 0.249 e. The number of hydrogen-bond acceptors (Lipinski definition) is 6. The zero-order valence-corrected chi connectivity index (χ0v) is 21.3. The van der Waals surface area contributed by atoms with Crippen LogP contribution in [-0.4, -0.2) is 39.1 Å². The molecule has 9 nitrogen and oxygen atoms in total. The van der Waals surface area contributed by atoms with Gasteiger partial charge in [-0.05, 0) is 50.6 Å². The molecule has 2 heterocycles. The van der Waals surface area contributed by atoms with E-state index in [2.05, 4.69) is 15.6 Å². The number of ether oxygens (including phenoxy) is 2. The molecular weight excluding hydrogens is 489 g/mol. The summed E-state index contributed by atoms with van der Waals surface area (Å²) >= 11 is 0. The number of nitrogens with one attached hydrogen (secondary N) is 1. The van der Waals surface area contributed by atoms with Crippen LogP contribution in [0.25, 0.3) is 11.0 Å². The largest absolute Gasteiger partial charge is 0.454 e. The number of amides is 2. The Balaban J connectivity index is 1.63. The van der Waals surface area contributed by atoms with Gasteiger partial charge in [-0.2, -0.15) is 0 Å². The van der Waals surface area contributed by atoms with E-state index >= 15 is 4.39 Å². The molecule has 38 heavy (non-hydrogen) atoms. The van der Waals surface area contributed by atoms with Crippen LogP contribution < -0.4 is 19.7 Å². The van der Waals surface area contributed by atoms with Gasteiger partial charge in [-0.3, -0.25) is 14.5 Å². The lowest BCUT2D eigenvalue weighted by Crippen LogP contribution is -2.51. The monoisotopic (exact) mass is 517 g/mol. The molecule has 1 atom stereocenters. The summed E-state index contributed by atoms with van der Waals surface area (Å²) in [5.41, 5.74) is 1.10. The third-order valence-electron chi connectivity index (χ3n) is 6.66. The highest BCUT2D eigenvalue weighted by Gasteiger charge is 2.37. The molecule has 0 fully saturated rings. The van der Waals surface area contributed by atoms with E-state index < -0.39 is 29.2 Å². The molecule has 0 bridgehead atoms. The van der Waals surface area contributed by atoms with Crippen molar-refractivity contribution in [3.63, 3.8) is 0 Å². The van der Waals surface area contributed by atoms with Crippen molar-refractivity contribution in [1.82, 2.24) is 20.3 Å². The average molecular weight is 518 g/mol. The molecule has 0 spiro atoms. The molecule has 0 aliphatic carbocycles. The van der Waals surface area contributed by atoms with Gasteiger partial charge in [0.15, 0.2) is 11.5 Å². The second kappa shape index (κ2) is 10.1. The van der Waals surface area contributed by atoms with Crippen molar-refractivity contribution >= 4 is 28.5 Å². The number of anilines is 1. The van der Waals surface area contributed by atoms with E-state index in [4.69, 9.17) is 9.47 Å². The molecule has 1 aliphatic rings. The summed E-state index contributed by atoms with van der Waals surface area (Å²) < 4.78 is 27.7. The molecule has 5 rings (SSSR count). The van der Waals surface area contributed by atoms with Gasteiger partial charge in [0, 0.05) is 22.9 Å². The standard InChI is InChI=1S/C28H28FN5O4/c1-4-28(2,3)30-27(36)26(19-9-5-6-10-20(19)29)34(18-13-14-23-24(15-18)38-17-37-23)25(35)16-33-22-12-8-7-11-21(22)31-32-33/h5-15,26H,4,16-17H2,1-3H3,(H,30,36). The summed E-state index contributed by atoms with van der Waals surface area (Å²) in [6.45, 7) is 5.49. The number of rotatable bonds is 8. The van der Waals surface area contributed by atoms with Crippen molar-refractivity contribution in [1.29, 1.82) is 0 Å². The van der Waals surface area contributed by atoms with E-state index in [1.54, 1.807) is 36.4 Å². The number of carbonyl (C=O) groups is 2. The van der Waals surface area contributed by atoms with Crippen molar-refractivity contribution in [2.24, 2.45) is 0 Å². The number of benzene rings is 3. The van der Waals surface area contributed by atoms with E-state index in [0.717, 1.165) is 0 Å². The van der Waals surface area contributed by atoms with Crippen molar-refractivity contribution in [2.75, 3.05) is 11.7 Å². The van der Waals surface area contributed by atoms with E-state index in [0.29, 0.717) is 34.6 Å². The second-order valence-electron chi connectivity index (χ2n) is 9.69. The fourth-order valence-corrected chi connectivity index (χ4v) is 4.30. The maximum Gasteiger partial charge on any atom is 0.249 e. The summed E-state index contributed by atoms with van der Waals surface area (Å²) in [7, 11) is 0. The van der Waals surface area contributed by atoms with Gasteiger partial charge in [-0.25, -0.2) is 9.07 Å². The van der Waals surface area contributed by atoms with Gasteiger partial charge < -0.3 is 14.8 Å². The van der Waals surface area contributed by atoms with Crippen LogP contribution in [0.5, 0.6) is 11.5 Å². The minimum atomic E-state index is -1.32. The molecule has 1 aromatic heterocycles. The van der Waals surface area contributed by atoms with Gasteiger partial charge in [-0.15, -0.1) is 5.10 Å². The average Bonchev–Trinajstić information content (AvgIpc) is 3.54. The first-order chi connectivity index (χ1) is 18.3. The number of nitrogens with zero attached hydrogens (tertiary/aromatic N) is 4. The fraction of sp³-hybridized carbons (Fsp3) is 0.286. The summed E-state index contributed by atoms with van der Waals surface area (Å²) in [6, 6.07) is 16.8. The Morgan fingerprint density at radius 3 is 2.61 bits per heavy atom. The van der Waals surface area contributed by atoms with Gasteiger partial charge in [0.2, 0.25) is 18.6 Å². The maximum absolute atomic E-state index is 15.3. The SMILES string of the molecule is CCC(C)(C)NC(=O)C(c1ccccc1F)N(C(=O)Cn1nnc2ccccc21)c1ccc2c(c1)OCO2. The molecule has 4 aromatic rings. The third kappa shape index (κ3) is 4.89. The van der Waals surface area contributed by atoms with Gasteiger partial charge in [0.1, 0.15) is 23.9 Å². The highest BCUT2D eigenvalue weighted by Crippen LogP contribution is 2.39. The Morgan fingerprint density at radius 2 is 1.82 bits per heavy atom. The summed E-state index contributed by atoms with van der Waals surface area (Å²) in [6.07, 6.45) is 0.631. The molecule has 1 aliphatic heterocycles. The van der Waals surface area contributed by atoms with E-state index in [-0.39, 0.29) is 18.9 Å². The van der Waals surface area contributed by atoms with Crippen molar-refractivity contribution in [3.8, 4) is 11.5 Å². The maximum atomic E-state index is 15.3. The molecule has 0 saturated carbocycles. The quantitative estimate of drug-likeness (QED) is 0.373. The normalized spacial score (nSPS) is 13.4. The van der Waals surface area contributed by atoms with Crippen LogP contribution in [0.1, 0.15) is 38.8 Å². The third-order valence-corrected chi connectivity index (χ3v) is 6.66. The van der Waals surface area contributed by atoms with Crippen LogP contribution in [0.2, 0.25) is 0 Å². The minimum Gasteiger partial charge on any atom is -0.454 e. The molecule has 1 unspecified atom stereocenters. The number of hydrogen-bond donors (Lipinski definition) is 1. The Morgan fingerprint density at radius 1 is 1.08 bits per heavy atom. The van der Waals surface area contributed by atoms with Crippen molar-refractivity contribution < 1.29 is 23.5 Å². The highest BCUT2D eigenvalue weighted by atomic mass is 19.1. The summed E-state index contributed by atoms with van der Waals surface area (Å²) in [4.78, 5) is 29.2. The van der Waals surface area contributed by atoms with Gasteiger partial charge in [0.05, 0.1) is 5.52 Å². The number of aromatic nitrogens is 3. The first-order valence-corrected chi connectivity index (χ1v) is 12.3. The fourth-order valence-electron chi connectivity index (χ4n) is 4.30. The lowest BCUT2D eigenvalue weighted by molar-refractivity contribution is -0.128. The molecule has 0 saturated heterocycles. The van der Waals surface area contributed by atoms with Crippen LogP contribution in [0.3, 0.4) is 0 Å². The molecule has 2 amide bonds. The Labute approximate surface area is 219 Å². The summed E-state index contributed by atoms with van der Waals surface area (Å²) in [5.74, 6) is -0.671. The molecule has 10 heteroatoms. The number of para-hydroxylation sites is 1. The Bertz CT molecular complexity index is 1500. The lowest BCUT2D eigenvalue weighted by atomic mass is 9.98. The van der Waals surface area contributed by atoms with Crippen LogP contribution in [-0.2, 0) is 16.1 Å². The molecular formula is C28H28FN5O4. The number of carbonyl (C=O) groups excluding carboxylic acids is 2. The first-order valence-electron chi connectivity index (χ1n) is 12.3. The van der Waals surface area contributed by atoms with Gasteiger partial charge in [-0.1, -0.05) is 42.5 Å². The molecule has 196 valence electrons. The predicted octanol–water partition coefficient (Wildman–Crippen LogP) is 4.38. The Hall–Kier alpha value is -4.47. The minimum absolute atomic E-state index is 0.0413. The zero-order chi connectivity index (χ0) is 26.9. The van der Waals surface area contributed by atoms with Crippen LogP contribution in [0.15, 0.2) is 66.7 Å². The van der Waals surface area contributed by atoms with Crippen LogP contribution in [0.4, 0.5) is 10.1 Å². The van der Waals surface area contributed by atoms with Crippen LogP contribution in [0, 0.1) is 5.82 Å². The van der Waals surface area contributed by atoms with Crippen LogP contribution >= 0.6 is 0 Å².